The Morgan fingerprint density at radius 3 is 2.75 bits per heavy atom. The van der Waals surface area contributed by atoms with Crippen molar-refractivity contribution in [1.82, 2.24) is 5.32 Å². The van der Waals surface area contributed by atoms with E-state index in [1.54, 1.807) is 0 Å². The van der Waals surface area contributed by atoms with Gasteiger partial charge in [0.05, 0.1) is 12.1 Å². The number of ether oxygens (including phenoxy) is 1. The number of unbranched alkanes of at least 4 members (excludes halogenated alkanes) is 1. The van der Waals surface area contributed by atoms with Gasteiger partial charge in [-0.15, -0.1) is 0 Å². The van der Waals surface area contributed by atoms with Crippen molar-refractivity contribution in [2.75, 3.05) is 6.54 Å². The molecule has 2 aliphatic heterocycles. The quantitative estimate of drug-likeness (QED) is 0.574. The SMILES string of the molecule is CCCCC(O)[C@H]1O[C@@H]2SC(=NCC)N[C@@H]2[C@@H](O)[C@@H]1O. The zero-order valence-corrected chi connectivity index (χ0v) is 12.7. The average Bonchev–Trinajstić information content (AvgIpc) is 2.83. The third-order valence-corrected chi connectivity index (χ3v) is 4.80. The van der Waals surface area contributed by atoms with E-state index in [1.165, 1.54) is 11.8 Å². The molecule has 2 aliphatic rings. The van der Waals surface area contributed by atoms with Gasteiger partial charge in [-0.2, -0.15) is 0 Å². The number of fused-ring (bicyclic) bond motifs is 1. The highest BCUT2D eigenvalue weighted by Gasteiger charge is 2.50. The molecule has 0 bridgehead atoms. The van der Waals surface area contributed by atoms with Crippen LogP contribution in [0.25, 0.3) is 0 Å². The maximum Gasteiger partial charge on any atom is 0.159 e. The van der Waals surface area contributed by atoms with Crippen molar-refractivity contribution in [2.24, 2.45) is 4.99 Å². The smallest absolute Gasteiger partial charge is 0.159 e. The van der Waals surface area contributed by atoms with Crippen LogP contribution >= 0.6 is 11.8 Å². The van der Waals surface area contributed by atoms with Crippen LogP contribution in [0.3, 0.4) is 0 Å². The molecule has 6 atom stereocenters. The van der Waals surface area contributed by atoms with Gasteiger partial charge in [0.1, 0.15) is 23.7 Å². The lowest BCUT2D eigenvalue weighted by molar-refractivity contribution is -0.188. The van der Waals surface area contributed by atoms with E-state index < -0.39 is 24.4 Å². The van der Waals surface area contributed by atoms with Crippen molar-refractivity contribution in [3.63, 3.8) is 0 Å². The summed E-state index contributed by atoms with van der Waals surface area (Å²) >= 11 is 1.40. The average molecular weight is 304 g/mol. The standard InChI is InChI=1S/C13H24N2O4S/c1-3-5-6-7(16)11-10(18)9(17)8-12(19-11)20-13(15-8)14-4-2/h7-12,16-18H,3-6H2,1-2H3,(H,14,15)/t7?,8-,9-,10+,11-,12-/m1/s1. The van der Waals surface area contributed by atoms with Crippen molar-refractivity contribution in [1.29, 1.82) is 0 Å². The Morgan fingerprint density at radius 1 is 1.35 bits per heavy atom. The fourth-order valence-corrected chi connectivity index (χ4v) is 3.74. The molecule has 2 saturated heterocycles. The number of nitrogens with one attached hydrogen (secondary N) is 1. The van der Waals surface area contributed by atoms with Gasteiger partial charge in [-0.1, -0.05) is 31.5 Å². The summed E-state index contributed by atoms with van der Waals surface area (Å²) in [6.45, 7) is 4.62. The summed E-state index contributed by atoms with van der Waals surface area (Å²) in [5.41, 5.74) is -0.319. The molecule has 116 valence electrons. The van der Waals surface area contributed by atoms with Crippen LogP contribution in [0, 0.1) is 0 Å². The Kier molecular flexibility index (Phi) is 5.68. The minimum atomic E-state index is -1.09. The first-order chi connectivity index (χ1) is 9.58. The van der Waals surface area contributed by atoms with Gasteiger partial charge >= 0.3 is 0 Å². The van der Waals surface area contributed by atoms with Gasteiger partial charge in [0.15, 0.2) is 5.17 Å². The highest BCUT2D eigenvalue weighted by Crippen LogP contribution is 2.35. The van der Waals surface area contributed by atoms with Crippen molar-refractivity contribution in [3.8, 4) is 0 Å². The zero-order valence-electron chi connectivity index (χ0n) is 11.9. The van der Waals surface area contributed by atoms with Crippen LogP contribution in [0.15, 0.2) is 4.99 Å². The van der Waals surface area contributed by atoms with Gasteiger partial charge in [0, 0.05) is 6.54 Å². The second-order valence-corrected chi connectivity index (χ2v) is 6.31. The number of amidine groups is 1. The van der Waals surface area contributed by atoms with E-state index in [2.05, 4.69) is 10.3 Å². The van der Waals surface area contributed by atoms with Crippen molar-refractivity contribution in [2.45, 2.75) is 69.0 Å². The molecule has 20 heavy (non-hydrogen) atoms. The number of aliphatic hydroxyl groups is 3. The molecule has 1 unspecified atom stereocenters. The Labute approximate surface area is 123 Å². The lowest BCUT2D eigenvalue weighted by atomic mass is 9.92. The zero-order chi connectivity index (χ0) is 14.7. The number of aliphatic imine (C=N–C) groups is 1. The molecule has 0 aromatic carbocycles. The van der Waals surface area contributed by atoms with E-state index in [1.807, 2.05) is 13.8 Å². The normalized spacial score (nSPS) is 40.5. The second kappa shape index (κ2) is 7.09. The van der Waals surface area contributed by atoms with Crippen LogP contribution in [-0.2, 0) is 4.74 Å². The topological polar surface area (TPSA) is 94.3 Å². The van der Waals surface area contributed by atoms with Crippen LogP contribution < -0.4 is 5.32 Å². The first-order valence-corrected chi connectivity index (χ1v) is 8.13. The van der Waals surface area contributed by atoms with Gasteiger partial charge in [0.2, 0.25) is 0 Å². The summed E-state index contributed by atoms with van der Waals surface area (Å²) in [4.78, 5) is 4.26. The Morgan fingerprint density at radius 2 is 2.10 bits per heavy atom. The van der Waals surface area contributed by atoms with Crippen LogP contribution in [0.4, 0.5) is 0 Å². The third kappa shape index (κ3) is 3.28. The first kappa shape index (κ1) is 16.0. The lowest BCUT2D eigenvalue weighted by Crippen LogP contribution is -2.61. The minimum absolute atomic E-state index is 0.319. The number of hydrogen-bond donors (Lipinski definition) is 4. The lowest BCUT2D eigenvalue weighted by Gasteiger charge is -2.40. The number of thioether (sulfide) groups is 1. The number of rotatable bonds is 5. The molecule has 6 nitrogen and oxygen atoms in total. The van der Waals surface area contributed by atoms with Crippen LogP contribution in [0.1, 0.15) is 33.1 Å². The molecule has 0 saturated carbocycles. The second-order valence-electron chi connectivity index (χ2n) is 5.23. The van der Waals surface area contributed by atoms with E-state index in [0.717, 1.165) is 18.0 Å². The largest absolute Gasteiger partial charge is 0.390 e. The monoisotopic (exact) mass is 304 g/mol. The molecule has 7 heteroatoms. The van der Waals surface area contributed by atoms with E-state index >= 15 is 0 Å². The van der Waals surface area contributed by atoms with Crippen LogP contribution in [0.2, 0.25) is 0 Å². The molecule has 0 radical (unpaired) electrons. The summed E-state index contributed by atoms with van der Waals surface area (Å²) < 4.78 is 5.79. The Balaban J connectivity index is 2.03. The van der Waals surface area contributed by atoms with Crippen molar-refractivity contribution < 1.29 is 20.1 Å². The van der Waals surface area contributed by atoms with E-state index in [0.29, 0.717) is 13.0 Å². The molecule has 2 heterocycles. The molecule has 0 amide bonds. The van der Waals surface area contributed by atoms with E-state index in [4.69, 9.17) is 4.74 Å². The molecule has 0 aromatic rings. The maximum atomic E-state index is 10.2. The number of hydrogen-bond acceptors (Lipinski definition) is 6. The van der Waals surface area contributed by atoms with Gasteiger partial charge in [-0.3, -0.25) is 4.99 Å². The fraction of sp³-hybridized carbons (Fsp3) is 0.923. The molecule has 0 aliphatic carbocycles. The summed E-state index contributed by atoms with van der Waals surface area (Å²) in [6.07, 6.45) is -1.15. The van der Waals surface area contributed by atoms with Gasteiger partial charge in [-0.05, 0) is 13.3 Å². The first-order valence-electron chi connectivity index (χ1n) is 7.25. The molecule has 2 rings (SSSR count). The summed E-state index contributed by atoms with van der Waals surface area (Å²) in [7, 11) is 0. The van der Waals surface area contributed by atoms with Crippen molar-refractivity contribution in [3.05, 3.63) is 0 Å². The Bertz CT molecular complexity index is 355. The van der Waals surface area contributed by atoms with Crippen molar-refractivity contribution >= 4 is 16.9 Å². The van der Waals surface area contributed by atoms with Crippen LogP contribution in [0.5, 0.6) is 0 Å². The highest BCUT2D eigenvalue weighted by atomic mass is 32.2. The minimum Gasteiger partial charge on any atom is -0.390 e. The van der Waals surface area contributed by atoms with Crippen LogP contribution in [-0.4, -0.2) is 62.9 Å². The number of aliphatic hydroxyl groups excluding tert-OH is 3. The van der Waals surface area contributed by atoms with E-state index in [-0.39, 0.29) is 11.5 Å². The van der Waals surface area contributed by atoms with Gasteiger partial charge < -0.3 is 25.4 Å². The maximum absolute atomic E-state index is 10.2. The van der Waals surface area contributed by atoms with Gasteiger partial charge in [0.25, 0.3) is 0 Å². The number of nitrogens with zero attached hydrogens (tertiary/aromatic N) is 1. The molecule has 2 fully saturated rings. The third-order valence-electron chi connectivity index (χ3n) is 3.69. The molecular formula is C13H24N2O4S. The molecule has 0 aromatic heterocycles. The molecule has 4 N–H and O–H groups in total. The predicted molar refractivity (Wildman–Crippen MR) is 78.7 cm³/mol. The predicted octanol–water partition coefficient (Wildman–Crippen LogP) is 0.0651. The van der Waals surface area contributed by atoms with Gasteiger partial charge in [-0.25, -0.2) is 0 Å². The molecular weight excluding hydrogens is 280 g/mol. The van der Waals surface area contributed by atoms with E-state index in [9.17, 15) is 15.3 Å². The molecule has 0 spiro atoms. The fourth-order valence-electron chi connectivity index (χ4n) is 2.55. The summed E-state index contributed by atoms with van der Waals surface area (Å²) in [5.74, 6) is 0. The highest BCUT2D eigenvalue weighted by molar-refractivity contribution is 8.14. The Hall–Kier alpha value is -0.340. The summed E-state index contributed by atoms with van der Waals surface area (Å²) in [6, 6.07) is -0.380. The summed E-state index contributed by atoms with van der Waals surface area (Å²) in [5, 5.41) is 34.3.